The Morgan fingerprint density at radius 1 is 1.62 bits per heavy atom. The number of fused-ring (bicyclic) bond motifs is 1. The van der Waals surface area contributed by atoms with Crippen molar-refractivity contribution in [1.29, 1.82) is 0 Å². The molecule has 0 bridgehead atoms. The summed E-state index contributed by atoms with van der Waals surface area (Å²) in [7, 11) is 2.02. The van der Waals surface area contributed by atoms with Gasteiger partial charge in [0.25, 0.3) is 0 Å². The highest BCUT2D eigenvalue weighted by Crippen LogP contribution is 2.42. The Morgan fingerprint density at radius 2 is 2.31 bits per heavy atom. The smallest absolute Gasteiger partial charge is 0.148 e. The quantitative estimate of drug-likeness (QED) is 0.777. The topological polar surface area (TPSA) is 23.5 Å². The van der Waals surface area contributed by atoms with Gasteiger partial charge in [-0.2, -0.15) is 0 Å². The third kappa shape index (κ3) is 1.30. The summed E-state index contributed by atoms with van der Waals surface area (Å²) in [6, 6.07) is 1.81. The van der Waals surface area contributed by atoms with Gasteiger partial charge in [-0.15, -0.1) is 0 Å². The van der Waals surface area contributed by atoms with Crippen molar-refractivity contribution in [2.45, 2.75) is 6.42 Å². The summed E-state index contributed by atoms with van der Waals surface area (Å²) in [6.45, 7) is 0.980. The van der Waals surface area contributed by atoms with Gasteiger partial charge in [-0.3, -0.25) is 0 Å². The summed E-state index contributed by atoms with van der Waals surface area (Å²) in [6.07, 6.45) is 0.956. The van der Waals surface area contributed by atoms with Gasteiger partial charge in [0, 0.05) is 19.3 Å². The highest BCUT2D eigenvalue weighted by atomic mass is 79.9. The van der Waals surface area contributed by atoms with Crippen LogP contribution in [0.2, 0.25) is 5.02 Å². The number of likely N-dealkylation sites (N-methyl/N-ethyl adjacent to an activating group) is 1. The number of phenolic OH excluding ortho intramolecular Hbond substituents is 1. The van der Waals surface area contributed by atoms with Gasteiger partial charge in [0.2, 0.25) is 0 Å². The minimum Gasteiger partial charge on any atom is -0.505 e. The molecule has 0 saturated heterocycles. The first-order valence-electron chi connectivity index (χ1n) is 4.02. The molecule has 0 saturated carbocycles. The molecule has 0 radical (unpaired) electrons. The van der Waals surface area contributed by atoms with Crippen LogP contribution in [0.25, 0.3) is 0 Å². The fourth-order valence-electron chi connectivity index (χ4n) is 1.61. The van der Waals surface area contributed by atoms with Crippen molar-refractivity contribution in [3.63, 3.8) is 0 Å². The number of hydrogen-bond acceptors (Lipinski definition) is 2. The van der Waals surface area contributed by atoms with Gasteiger partial charge in [-0.05, 0) is 34.0 Å². The molecule has 1 aromatic rings. The van der Waals surface area contributed by atoms with Crippen LogP contribution in [0.15, 0.2) is 10.5 Å². The third-order valence-corrected chi connectivity index (χ3v) is 3.52. The molecule has 2 rings (SSSR count). The first-order chi connectivity index (χ1) is 6.11. The van der Waals surface area contributed by atoms with E-state index in [9.17, 15) is 5.11 Å². The molecule has 0 spiro atoms. The lowest BCUT2D eigenvalue weighted by molar-refractivity contribution is 0.471. The predicted molar refractivity (Wildman–Crippen MR) is 57.8 cm³/mol. The normalized spacial score (nSPS) is 14.8. The summed E-state index contributed by atoms with van der Waals surface area (Å²) in [5.74, 6) is 0.149. The van der Waals surface area contributed by atoms with Gasteiger partial charge in [0.15, 0.2) is 0 Å². The second kappa shape index (κ2) is 3.07. The molecular formula is C9H9BrClNO. The molecule has 0 fully saturated rings. The number of halogens is 2. The fourth-order valence-corrected chi connectivity index (χ4v) is 2.54. The number of nitrogens with zero attached hydrogens (tertiary/aromatic N) is 1. The van der Waals surface area contributed by atoms with E-state index >= 15 is 0 Å². The average Bonchev–Trinajstić information content (AvgIpc) is 2.45. The number of anilines is 1. The molecule has 1 aliphatic rings. The molecule has 0 unspecified atom stereocenters. The summed E-state index contributed by atoms with van der Waals surface area (Å²) in [5, 5.41) is 9.96. The molecule has 13 heavy (non-hydrogen) atoms. The van der Waals surface area contributed by atoms with E-state index in [2.05, 4.69) is 20.8 Å². The zero-order chi connectivity index (χ0) is 9.59. The molecule has 1 heterocycles. The Hall–Kier alpha value is -0.410. The zero-order valence-corrected chi connectivity index (χ0v) is 9.48. The number of hydrogen-bond donors (Lipinski definition) is 1. The second-order valence-corrected chi connectivity index (χ2v) is 4.39. The molecule has 0 atom stereocenters. The van der Waals surface area contributed by atoms with Gasteiger partial charge in [-0.25, -0.2) is 0 Å². The molecule has 1 aromatic carbocycles. The van der Waals surface area contributed by atoms with E-state index in [0.717, 1.165) is 28.7 Å². The van der Waals surface area contributed by atoms with Crippen molar-refractivity contribution in [2.75, 3.05) is 18.5 Å². The maximum absolute atomic E-state index is 9.56. The van der Waals surface area contributed by atoms with E-state index in [-0.39, 0.29) is 5.75 Å². The van der Waals surface area contributed by atoms with Gasteiger partial charge in [0.05, 0.1) is 9.50 Å². The molecule has 0 amide bonds. The van der Waals surface area contributed by atoms with Gasteiger partial charge < -0.3 is 10.0 Å². The Morgan fingerprint density at radius 3 is 3.00 bits per heavy atom. The van der Waals surface area contributed by atoms with Crippen LogP contribution in [0, 0.1) is 0 Å². The minimum atomic E-state index is 0.149. The lowest BCUT2D eigenvalue weighted by Crippen LogP contribution is -2.12. The lowest BCUT2D eigenvalue weighted by atomic mass is 10.1. The summed E-state index contributed by atoms with van der Waals surface area (Å²) < 4.78 is 0.736. The highest BCUT2D eigenvalue weighted by Gasteiger charge is 2.22. The molecule has 1 N–H and O–H groups in total. The monoisotopic (exact) mass is 261 g/mol. The zero-order valence-electron chi connectivity index (χ0n) is 7.14. The maximum atomic E-state index is 9.56. The van der Waals surface area contributed by atoms with Crippen molar-refractivity contribution >= 4 is 33.2 Å². The Labute approximate surface area is 90.2 Å². The van der Waals surface area contributed by atoms with Gasteiger partial charge in [0.1, 0.15) is 5.75 Å². The van der Waals surface area contributed by atoms with Crippen LogP contribution in [-0.2, 0) is 6.42 Å². The van der Waals surface area contributed by atoms with E-state index in [1.165, 1.54) is 0 Å². The summed E-state index contributed by atoms with van der Waals surface area (Å²) >= 11 is 9.20. The van der Waals surface area contributed by atoms with E-state index in [4.69, 9.17) is 11.6 Å². The minimum absolute atomic E-state index is 0.149. The Kier molecular flexibility index (Phi) is 2.16. The van der Waals surface area contributed by atoms with Crippen LogP contribution >= 0.6 is 27.5 Å². The van der Waals surface area contributed by atoms with Crippen LogP contribution in [-0.4, -0.2) is 18.7 Å². The third-order valence-electron chi connectivity index (χ3n) is 2.38. The van der Waals surface area contributed by atoms with Crippen molar-refractivity contribution in [3.8, 4) is 5.75 Å². The summed E-state index contributed by atoms with van der Waals surface area (Å²) in [4.78, 5) is 2.13. The number of phenols is 1. The Balaban J connectivity index is 2.67. The fraction of sp³-hybridized carbons (Fsp3) is 0.333. The van der Waals surface area contributed by atoms with Crippen molar-refractivity contribution in [2.24, 2.45) is 0 Å². The molecule has 0 aliphatic carbocycles. The van der Waals surface area contributed by atoms with E-state index < -0.39 is 0 Å². The highest BCUT2D eigenvalue weighted by molar-refractivity contribution is 9.10. The average molecular weight is 263 g/mol. The lowest BCUT2D eigenvalue weighted by Gasteiger charge is -2.13. The van der Waals surface area contributed by atoms with Crippen LogP contribution < -0.4 is 4.90 Å². The molecule has 0 aromatic heterocycles. The van der Waals surface area contributed by atoms with Crippen LogP contribution in [0.4, 0.5) is 5.69 Å². The van der Waals surface area contributed by atoms with Crippen LogP contribution in [0.5, 0.6) is 5.75 Å². The number of benzene rings is 1. The molecule has 70 valence electrons. The molecule has 4 heteroatoms. The van der Waals surface area contributed by atoms with E-state index in [0.29, 0.717) is 5.02 Å². The standard InChI is InChI=1S/C9H9BrClNO/c1-12-3-2-5-7(12)4-6(11)9(13)8(5)10/h4,13H,2-3H2,1H3. The number of rotatable bonds is 0. The van der Waals surface area contributed by atoms with Gasteiger partial charge >= 0.3 is 0 Å². The summed E-state index contributed by atoms with van der Waals surface area (Å²) in [5.41, 5.74) is 2.25. The Bertz CT molecular complexity index is 367. The maximum Gasteiger partial charge on any atom is 0.148 e. The van der Waals surface area contributed by atoms with E-state index in [1.807, 2.05) is 13.1 Å². The van der Waals surface area contributed by atoms with Crippen molar-refractivity contribution < 1.29 is 5.11 Å². The number of aromatic hydroxyl groups is 1. The first-order valence-corrected chi connectivity index (χ1v) is 5.19. The molecular weight excluding hydrogens is 253 g/mol. The van der Waals surface area contributed by atoms with Crippen LogP contribution in [0.3, 0.4) is 0 Å². The molecule has 1 aliphatic heterocycles. The SMILES string of the molecule is CN1CCc2c1cc(Cl)c(O)c2Br. The van der Waals surface area contributed by atoms with Crippen LogP contribution in [0.1, 0.15) is 5.56 Å². The predicted octanol–water partition coefficient (Wildman–Crippen LogP) is 2.80. The largest absolute Gasteiger partial charge is 0.505 e. The molecule has 2 nitrogen and oxygen atoms in total. The first kappa shape index (κ1) is 9.16. The van der Waals surface area contributed by atoms with E-state index in [1.54, 1.807) is 0 Å². The van der Waals surface area contributed by atoms with Gasteiger partial charge in [-0.1, -0.05) is 11.6 Å². The van der Waals surface area contributed by atoms with Crippen molar-refractivity contribution in [3.05, 3.63) is 21.1 Å². The second-order valence-electron chi connectivity index (χ2n) is 3.19. The van der Waals surface area contributed by atoms with Crippen molar-refractivity contribution in [1.82, 2.24) is 0 Å².